The van der Waals surface area contributed by atoms with Crippen LogP contribution in [0.3, 0.4) is 0 Å². The Morgan fingerprint density at radius 2 is 1.79 bits per heavy atom. The molecule has 0 saturated heterocycles. The van der Waals surface area contributed by atoms with Gasteiger partial charge in [0.2, 0.25) is 0 Å². The minimum Gasteiger partial charge on any atom is -0.461 e. The molecule has 0 spiro atoms. The largest absolute Gasteiger partial charge is 0.461 e. The van der Waals surface area contributed by atoms with Crippen LogP contribution in [0.5, 0.6) is 0 Å². The number of hydrogen-bond acceptors (Lipinski definition) is 3. The molecule has 0 amide bonds. The van der Waals surface area contributed by atoms with Gasteiger partial charge in [0.15, 0.2) is 5.78 Å². The first-order chi connectivity index (χ1) is 8.89. The van der Waals surface area contributed by atoms with E-state index in [0.29, 0.717) is 0 Å². The van der Waals surface area contributed by atoms with Crippen LogP contribution in [-0.4, -0.2) is 18.4 Å². The molecule has 0 aliphatic rings. The summed E-state index contributed by atoms with van der Waals surface area (Å²) in [5.41, 5.74) is 0.520. The second kappa shape index (κ2) is 6.88. The van der Waals surface area contributed by atoms with Gasteiger partial charge >= 0.3 is 5.97 Å². The fraction of sp³-hybridized carbons (Fsp3) is 0.375. The van der Waals surface area contributed by atoms with Crippen LogP contribution in [0.15, 0.2) is 42.5 Å². The molecule has 0 radical (unpaired) electrons. The molecular formula is C16H20O3. The summed E-state index contributed by atoms with van der Waals surface area (Å²) in [5, 5.41) is 0. The molecular weight excluding hydrogens is 240 g/mol. The number of ketones is 1. The normalized spacial score (nSPS) is 11.5. The molecule has 0 saturated carbocycles. The highest BCUT2D eigenvalue weighted by molar-refractivity contribution is 5.93. The molecule has 102 valence electrons. The Balaban J connectivity index is 2.32. The van der Waals surface area contributed by atoms with E-state index in [2.05, 4.69) is 0 Å². The predicted molar refractivity (Wildman–Crippen MR) is 74.7 cm³/mol. The Labute approximate surface area is 114 Å². The fourth-order valence-electron chi connectivity index (χ4n) is 1.36. The number of carbonyl (C=O) groups excluding carboxylic acids is 2. The van der Waals surface area contributed by atoms with Crippen molar-refractivity contribution in [1.29, 1.82) is 0 Å². The van der Waals surface area contributed by atoms with Gasteiger partial charge in [-0.25, -0.2) is 0 Å². The van der Waals surface area contributed by atoms with E-state index >= 15 is 0 Å². The standard InChI is InChI=1S/C16H20O3/c1-16(2,3)14(17)10-7-11-19-15(18)12-13-8-5-4-6-9-13/h4-10H,11-12H2,1-3H3/b10-7+. The molecule has 0 aliphatic carbocycles. The molecule has 3 heteroatoms. The number of allylic oxidation sites excluding steroid dienone is 1. The average Bonchev–Trinajstić information content (AvgIpc) is 2.34. The maximum Gasteiger partial charge on any atom is 0.310 e. The zero-order chi connectivity index (χ0) is 14.3. The van der Waals surface area contributed by atoms with Crippen LogP contribution >= 0.6 is 0 Å². The Morgan fingerprint density at radius 3 is 2.37 bits per heavy atom. The predicted octanol–water partition coefficient (Wildman–Crippen LogP) is 2.94. The van der Waals surface area contributed by atoms with E-state index in [1.807, 2.05) is 51.1 Å². The van der Waals surface area contributed by atoms with Gasteiger partial charge in [0.1, 0.15) is 6.61 Å². The molecule has 0 N–H and O–H groups in total. The zero-order valence-electron chi connectivity index (χ0n) is 11.7. The van der Waals surface area contributed by atoms with Crippen molar-refractivity contribution in [3.8, 4) is 0 Å². The van der Waals surface area contributed by atoms with Crippen molar-refractivity contribution < 1.29 is 14.3 Å². The quantitative estimate of drug-likeness (QED) is 0.604. The van der Waals surface area contributed by atoms with Gasteiger partial charge in [-0.2, -0.15) is 0 Å². The van der Waals surface area contributed by atoms with E-state index in [4.69, 9.17) is 4.74 Å². The van der Waals surface area contributed by atoms with Crippen molar-refractivity contribution >= 4 is 11.8 Å². The first-order valence-electron chi connectivity index (χ1n) is 6.30. The lowest BCUT2D eigenvalue weighted by atomic mass is 9.91. The van der Waals surface area contributed by atoms with Crippen LogP contribution in [0.25, 0.3) is 0 Å². The molecule has 1 aromatic carbocycles. The molecule has 0 aromatic heterocycles. The highest BCUT2D eigenvalue weighted by atomic mass is 16.5. The number of carbonyl (C=O) groups is 2. The van der Waals surface area contributed by atoms with E-state index in [1.165, 1.54) is 6.08 Å². The lowest BCUT2D eigenvalue weighted by Crippen LogP contribution is -2.17. The third kappa shape index (κ3) is 6.00. The topological polar surface area (TPSA) is 43.4 Å². The maximum atomic E-state index is 11.6. The summed E-state index contributed by atoms with van der Waals surface area (Å²) < 4.78 is 5.03. The summed E-state index contributed by atoms with van der Waals surface area (Å²) in [6, 6.07) is 9.41. The van der Waals surface area contributed by atoms with Crippen LogP contribution in [0.4, 0.5) is 0 Å². The molecule has 1 rings (SSSR count). The summed E-state index contributed by atoms with van der Waals surface area (Å²) >= 11 is 0. The molecule has 0 bridgehead atoms. The third-order valence-electron chi connectivity index (χ3n) is 2.54. The zero-order valence-corrected chi connectivity index (χ0v) is 11.7. The van der Waals surface area contributed by atoms with Crippen LogP contribution in [-0.2, 0) is 20.7 Å². The van der Waals surface area contributed by atoms with Crippen LogP contribution in [0.2, 0.25) is 0 Å². The highest BCUT2D eigenvalue weighted by Gasteiger charge is 2.17. The summed E-state index contributed by atoms with van der Waals surface area (Å²) in [5.74, 6) is -0.273. The summed E-state index contributed by atoms with van der Waals surface area (Å²) in [7, 11) is 0. The molecule has 0 heterocycles. The molecule has 0 fully saturated rings. The molecule has 19 heavy (non-hydrogen) atoms. The Kier molecular flexibility index (Phi) is 5.49. The molecule has 0 unspecified atom stereocenters. The number of esters is 1. The summed E-state index contributed by atoms with van der Waals surface area (Å²) in [4.78, 5) is 23.1. The summed E-state index contributed by atoms with van der Waals surface area (Å²) in [6.07, 6.45) is 3.30. The number of ether oxygens (including phenoxy) is 1. The fourth-order valence-corrected chi connectivity index (χ4v) is 1.36. The smallest absolute Gasteiger partial charge is 0.310 e. The first-order valence-corrected chi connectivity index (χ1v) is 6.30. The maximum absolute atomic E-state index is 11.6. The van der Waals surface area contributed by atoms with Gasteiger partial charge in [-0.3, -0.25) is 9.59 Å². The van der Waals surface area contributed by atoms with Gasteiger partial charge in [0.05, 0.1) is 6.42 Å². The Hall–Kier alpha value is -1.90. The van der Waals surface area contributed by atoms with Crippen molar-refractivity contribution in [3.05, 3.63) is 48.0 Å². The third-order valence-corrected chi connectivity index (χ3v) is 2.54. The number of hydrogen-bond donors (Lipinski definition) is 0. The van der Waals surface area contributed by atoms with E-state index in [-0.39, 0.29) is 24.8 Å². The van der Waals surface area contributed by atoms with Gasteiger partial charge in [-0.05, 0) is 17.7 Å². The molecule has 1 aromatic rings. The monoisotopic (exact) mass is 260 g/mol. The second-order valence-electron chi connectivity index (χ2n) is 5.36. The van der Waals surface area contributed by atoms with Crippen molar-refractivity contribution in [2.24, 2.45) is 5.41 Å². The van der Waals surface area contributed by atoms with E-state index in [1.54, 1.807) is 6.08 Å². The molecule has 0 aliphatic heterocycles. The Bertz CT molecular complexity index is 453. The van der Waals surface area contributed by atoms with Crippen molar-refractivity contribution in [2.75, 3.05) is 6.61 Å². The van der Waals surface area contributed by atoms with Crippen molar-refractivity contribution in [3.63, 3.8) is 0 Å². The van der Waals surface area contributed by atoms with Crippen LogP contribution < -0.4 is 0 Å². The lowest BCUT2D eigenvalue weighted by molar-refractivity contribution is -0.141. The van der Waals surface area contributed by atoms with Crippen molar-refractivity contribution in [2.45, 2.75) is 27.2 Å². The van der Waals surface area contributed by atoms with E-state index < -0.39 is 5.41 Å². The summed E-state index contributed by atoms with van der Waals surface area (Å²) in [6.45, 7) is 5.68. The van der Waals surface area contributed by atoms with Gasteiger partial charge in [-0.1, -0.05) is 51.1 Å². The number of rotatable bonds is 5. The van der Waals surface area contributed by atoms with E-state index in [0.717, 1.165) is 5.56 Å². The molecule has 0 atom stereocenters. The van der Waals surface area contributed by atoms with Gasteiger partial charge < -0.3 is 4.74 Å². The SMILES string of the molecule is CC(C)(C)C(=O)/C=C/COC(=O)Cc1ccccc1. The highest BCUT2D eigenvalue weighted by Crippen LogP contribution is 2.14. The van der Waals surface area contributed by atoms with E-state index in [9.17, 15) is 9.59 Å². The molecule has 3 nitrogen and oxygen atoms in total. The lowest BCUT2D eigenvalue weighted by Gasteiger charge is -2.12. The number of benzene rings is 1. The van der Waals surface area contributed by atoms with Crippen LogP contribution in [0.1, 0.15) is 26.3 Å². The first kappa shape index (κ1) is 15.2. The van der Waals surface area contributed by atoms with Crippen LogP contribution in [0, 0.1) is 5.41 Å². The minimum absolute atomic E-state index is 0.0200. The van der Waals surface area contributed by atoms with Gasteiger partial charge in [-0.15, -0.1) is 0 Å². The van der Waals surface area contributed by atoms with Gasteiger partial charge in [0.25, 0.3) is 0 Å². The minimum atomic E-state index is -0.398. The van der Waals surface area contributed by atoms with Gasteiger partial charge in [0, 0.05) is 5.41 Å². The second-order valence-corrected chi connectivity index (χ2v) is 5.36. The average molecular weight is 260 g/mol. The Morgan fingerprint density at radius 1 is 1.16 bits per heavy atom. The van der Waals surface area contributed by atoms with Crippen molar-refractivity contribution in [1.82, 2.24) is 0 Å².